The van der Waals surface area contributed by atoms with Gasteiger partial charge in [-0.1, -0.05) is 12.1 Å². The van der Waals surface area contributed by atoms with Crippen LogP contribution >= 0.6 is 0 Å². The van der Waals surface area contributed by atoms with Gasteiger partial charge < -0.3 is 24.5 Å². The van der Waals surface area contributed by atoms with Gasteiger partial charge in [-0.05, 0) is 54.1 Å². The van der Waals surface area contributed by atoms with Gasteiger partial charge in [-0.2, -0.15) is 5.10 Å². The second-order valence-electron chi connectivity index (χ2n) is 7.90. The molecule has 2 amide bonds. The van der Waals surface area contributed by atoms with E-state index in [-0.39, 0.29) is 24.4 Å². The Kier molecular flexibility index (Phi) is 7.79. The standard InChI is InChI=1S/C26H28N4O5/c1-33-15-13-27-26(32)20-6-3-4-7-21(20)28-17-25(31)30-23(24-8-5-14-35-24)16-22(29-30)18-9-11-19(34-2)12-10-18/h3-12,14,23,28H,13,15-17H2,1-2H3,(H,27,32). The molecule has 182 valence electrons. The molecule has 1 unspecified atom stereocenters. The summed E-state index contributed by atoms with van der Waals surface area (Å²) < 4.78 is 15.8. The zero-order valence-corrected chi connectivity index (χ0v) is 19.7. The van der Waals surface area contributed by atoms with Gasteiger partial charge in [0.15, 0.2) is 0 Å². The van der Waals surface area contributed by atoms with E-state index in [1.807, 2.05) is 30.3 Å². The van der Waals surface area contributed by atoms with Crippen molar-refractivity contribution in [2.45, 2.75) is 12.5 Å². The van der Waals surface area contributed by atoms with Crippen LogP contribution in [0, 0.1) is 0 Å². The maximum absolute atomic E-state index is 13.3. The zero-order valence-electron chi connectivity index (χ0n) is 19.7. The molecule has 2 heterocycles. The Morgan fingerprint density at radius 1 is 1.09 bits per heavy atom. The van der Waals surface area contributed by atoms with Crippen molar-refractivity contribution in [3.05, 3.63) is 83.8 Å². The van der Waals surface area contributed by atoms with Crippen molar-refractivity contribution >= 4 is 23.2 Å². The molecule has 0 bridgehead atoms. The smallest absolute Gasteiger partial charge is 0.262 e. The van der Waals surface area contributed by atoms with Crippen molar-refractivity contribution in [2.75, 3.05) is 39.2 Å². The van der Waals surface area contributed by atoms with Crippen LogP contribution in [0.15, 0.2) is 76.4 Å². The summed E-state index contributed by atoms with van der Waals surface area (Å²) in [5.74, 6) is 0.914. The average molecular weight is 477 g/mol. The number of carbonyl (C=O) groups is 2. The first-order valence-electron chi connectivity index (χ1n) is 11.3. The first kappa shape index (κ1) is 24.0. The lowest BCUT2D eigenvalue weighted by Gasteiger charge is -2.20. The van der Waals surface area contributed by atoms with Crippen molar-refractivity contribution in [2.24, 2.45) is 5.10 Å². The highest BCUT2D eigenvalue weighted by molar-refractivity contribution is 6.03. The van der Waals surface area contributed by atoms with E-state index in [4.69, 9.17) is 13.9 Å². The largest absolute Gasteiger partial charge is 0.497 e. The number of nitrogens with zero attached hydrogens (tertiary/aromatic N) is 2. The van der Waals surface area contributed by atoms with Crippen molar-refractivity contribution in [1.29, 1.82) is 0 Å². The molecule has 0 saturated heterocycles. The summed E-state index contributed by atoms with van der Waals surface area (Å²) in [6.45, 7) is 0.764. The number of hydrogen-bond donors (Lipinski definition) is 2. The van der Waals surface area contributed by atoms with E-state index < -0.39 is 0 Å². The number of carbonyl (C=O) groups excluding carboxylic acids is 2. The Labute approximate surface area is 203 Å². The number of hydrazone groups is 1. The number of benzene rings is 2. The predicted octanol–water partition coefficient (Wildman–Crippen LogP) is 3.45. The summed E-state index contributed by atoms with van der Waals surface area (Å²) in [5, 5.41) is 12.0. The van der Waals surface area contributed by atoms with Crippen molar-refractivity contribution in [3.8, 4) is 5.75 Å². The van der Waals surface area contributed by atoms with Crippen LogP contribution in [0.1, 0.15) is 34.1 Å². The quantitative estimate of drug-likeness (QED) is 0.434. The molecule has 1 aromatic heterocycles. The summed E-state index contributed by atoms with van der Waals surface area (Å²) in [7, 11) is 3.19. The number of anilines is 1. The van der Waals surface area contributed by atoms with Crippen LogP contribution < -0.4 is 15.4 Å². The molecule has 9 nitrogen and oxygen atoms in total. The number of amides is 2. The summed E-state index contributed by atoms with van der Waals surface area (Å²) in [5.41, 5.74) is 2.69. The fourth-order valence-electron chi connectivity index (χ4n) is 3.85. The predicted molar refractivity (Wildman–Crippen MR) is 132 cm³/mol. The fraction of sp³-hybridized carbons (Fsp3) is 0.269. The number of hydrogen-bond acceptors (Lipinski definition) is 7. The van der Waals surface area contributed by atoms with E-state index in [0.717, 1.165) is 17.0 Å². The number of methoxy groups -OCH3 is 2. The molecule has 3 aromatic rings. The highest BCUT2D eigenvalue weighted by Crippen LogP contribution is 2.33. The van der Waals surface area contributed by atoms with E-state index in [9.17, 15) is 9.59 Å². The van der Waals surface area contributed by atoms with Crippen molar-refractivity contribution in [1.82, 2.24) is 10.3 Å². The molecule has 0 fully saturated rings. The fourth-order valence-corrected chi connectivity index (χ4v) is 3.85. The molecule has 2 N–H and O–H groups in total. The normalized spacial score (nSPS) is 15.0. The number of furan rings is 1. The van der Waals surface area contributed by atoms with E-state index >= 15 is 0 Å². The third-order valence-corrected chi connectivity index (χ3v) is 5.65. The molecule has 4 rings (SSSR count). The number of rotatable bonds is 10. The molecule has 0 saturated carbocycles. The van der Waals surface area contributed by atoms with E-state index in [1.165, 1.54) is 5.01 Å². The van der Waals surface area contributed by atoms with Gasteiger partial charge in [-0.15, -0.1) is 0 Å². The molecule has 2 aromatic carbocycles. The van der Waals surface area contributed by atoms with Gasteiger partial charge in [0.05, 0.1) is 37.8 Å². The van der Waals surface area contributed by atoms with Gasteiger partial charge >= 0.3 is 0 Å². The Morgan fingerprint density at radius 2 is 1.89 bits per heavy atom. The lowest BCUT2D eigenvalue weighted by atomic mass is 10.0. The second-order valence-corrected chi connectivity index (χ2v) is 7.90. The van der Waals surface area contributed by atoms with Crippen LogP contribution in [0.4, 0.5) is 5.69 Å². The van der Waals surface area contributed by atoms with Gasteiger partial charge in [0, 0.05) is 25.8 Å². The minimum Gasteiger partial charge on any atom is -0.497 e. The van der Waals surface area contributed by atoms with E-state index in [2.05, 4.69) is 15.7 Å². The molecule has 35 heavy (non-hydrogen) atoms. The van der Waals surface area contributed by atoms with Gasteiger partial charge in [0.1, 0.15) is 17.6 Å². The first-order valence-corrected chi connectivity index (χ1v) is 11.3. The van der Waals surface area contributed by atoms with E-state index in [1.54, 1.807) is 50.8 Å². The van der Waals surface area contributed by atoms with E-state index in [0.29, 0.717) is 36.6 Å². The summed E-state index contributed by atoms with van der Waals surface area (Å²) in [6, 6.07) is 17.9. The first-order chi connectivity index (χ1) is 17.1. The number of para-hydroxylation sites is 1. The molecule has 0 radical (unpaired) electrons. The second kappa shape index (κ2) is 11.3. The third kappa shape index (κ3) is 5.70. The highest BCUT2D eigenvalue weighted by atomic mass is 16.5. The third-order valence-electron chi connectivity index (χ3n) is 5.65. The van der Waals surface area contributed by atoms with Crippen LogP contribution in [0.2, 0.25) is 0 Å². The molecular weight excluding hydrogens is 448 g/mol. The Bertz CT molecular complexity index is 1170. The Hall–Kier alpha value is -4.11. The topological polar surface area (TPSA) is 105 Å². The summed E-state index contributed by atoms with van der Waals surface area (Å²) in [6.07, 6.45) is 2.10. The van der Waals surface area contributed by atoms with Gasteiger partial charge in [0.2, 0.25) is 0 Å². The summed E-state index contributed by atoms with van der Waals surface area (Å²) in [4.78, 5) is 25.8. The lowest BCUT2D eigenvalue weighted by Crippen LogP contribution is -2.33. The molecule has 0 spiro atoms. The van der Waals surface area contributed by atoms with Crippen LogP contribution in [0.25, 0.3) is 0 Å². The maximum atomic E-state index is 13.3. The summed E-state index contributed by atoms with van der Waals surface area (Å²) >= 11 is 0. The SMILES string of the molecule is COCCNC(=O)c1ccccc1NCC(=O)N1N=C(c2ccc(OC)cc2)CC1c1ccco1. The van der Waals surface area contributed by atoms with Gasteiger partial charge in [0.25, 0.3) is 11.8 Å². The molecule has 1 atom stereocenters. The monoisotopic (exact) mass is 476 g/mol. The minimum absolute atomic E-state index is 0.0427. The van der Waals surface area contributed by atoms with Crippen molar-refractivity contribution in [3.63, 3.8) is 0 Å². The average Bonchev–Trinajstić information content (AvgIpc) is 3.58. The van der Waals surface area contributed by atoms with Gasteiger partial charge in [-0.25, -0.2) is 5.01 Å². The van der Waals surface area contributed by atoms with Crippen molar-refractivity contribution < 1.29 is 23.5 Å². The molecule has 0 aliphatic carbocycles. The Morgan fingerprint density at radius 3 is 2.60 bits per heavy atom. The lowest BCUT2D eigenvalue weighted by molar-refractivity contribution is -0.131. The zero-order chi connectivity index (χ0) is 24.6. The minimum atomic E-state index is -0.357. The molecule has 1 aliphatic heterocycles. The van der Waals surface area contributed by atoms with Gasteiger partial charge in [-0.3, -0.25) is 9.59 Å². The van der Waals surface area contributed by atoms with Crippen LogP contribution in [-0.2, 0) is 9.53 Å². The van der Waals surface area contributed by atoms with Crippen LogP contribution in [-0.4, -0.2) is 56.5 Å². The van der Waals surface area contributed by atoms with Crippen LogP contribution in [0.3, 0.4) is 0 Å². The maximum Gasteiger partial charge on any atom is 0.262 e. The molecular formula is C26H28N4O5. The molecule has 1 aliphatic rings. The Balaban J connectivity index is 1.50. The number of ether oxygens (including phenoxy) is 2. The number of nitrogens with one attached hydrogen (secondary N) is 2. The van der Waals surface area contributed by atoms with Crippen LogP contribution in [0.5, 0.6) is 5.75 Å². The highest BCUT2D eigenvalue weighted by Gasteiger charge is 2.34. The molecule has 9 heteroatoms.